The molecule has 4 nitrogen and oxygen atoms in total. The molecule has 2 aromatic carbocycles. The van der Waals surface area contributed by atoms with Gasteiger partial charge in [-0.25, -0.2) is 8.42 Å². The van der Waals surface area contributed by atoms with Gasteiger partial charge in [-0.3, -0.25) is 0 Å². The van der Waals surface area contributed by atoms with Crippen LogP contribution in [0.25, 0.3) is 10.9 Å². The molecule has 1 aliphatic heterocycles. The minimum atomic E-state index is -3.58. The topological polar surface area (TPSA) is 42.3 Å². The predicted octanol–water partition coefficient (Wildman–Crippen LogP) is 4.61. The number of nitrogens with zero attached hydrogens (tertiary/aromatic N) is 2. The number of hydrogen-bond donors (Lipinski definition) is 0. The fraction of sp³-hybridized carbons (Fsp3) is 0.238. The highest BCUT2D eigenvalue weighted by atomic mass is 35.5. The Hall–Kier alpha value is -2.08. The van der Waals surface area contributed by atoms with Gasteiger partial charge >= 0.3 is 0 Å². The van der Waals surface area contributed by atoms with E-state index in [1.807, 2.05) is 50.4 Å². The third kappa shape index (κ3) is 2.90. The van der Waals surface area contributed by atoms with Crippen molar-refractivity contribution < 1.29 is 8.42 Å². The van der Waals surface area contributed by atoms with Crippen LogP contribution in [-0.2, 0) is 23.6 Å². The van der Waals surface area contributed by atoms with Gasteiger partial charge in [0.05, 0.1) is 11.4 Å². The van der Waals surface area contributed by atoms with Crippen molar-refractivity contribution in [1.29, 1.82) is 0 Å². The van der Waals surface area contributed by atoms with E-state index in [2.05, 4.69) is 11.1 Å². The predicted molar refractivity (Wildman–Crippen MR) is 110 cm³/mol. The summed E-state index contributed by atoms with van der Waals surface area (Å²) in [5.74, 6) is -0.0869. The molecule has 3 aromatic rings. The molecule has 1 aliphatic rings. The van der Waals surface area contributed by atoms with Crippen LogP contribution in [0.3, 0.4) is 0 Å². The van der Waals surface area contributed by atoms with Gasteiger partial charge in [0.25, 0.3) is 0 Å². The molecule has 1 aromatic heterocycles. The summed E-state index contributed by atoms with van der Waals surface area (Å²) in [6.45, 7) is 6.61. The van der Waals surface area contributed by atoms with Crippen LogP contribution in [0.4, 0.5) is 0 Å². The lowest BCUT2D eigenvalue weighted by Crippen LogP contribution is -2.38. The molecule has 4 rings (SSSR count). The summed E-state index contributed by atoms with van der Waals surface area (Å²) in [5, 5.41) is 1.74. The van der Waals surface area contributed by atoms with E-state index in [1.165, 1.54) is 0 Å². The Labute approximate surface area is 164 Å². The van der Waals surface area contributed by atoms with E-state index in [0.29, 0.717) is 23.0 Å². The molecular formula is C21H21ClN2O2S. The van der Waals surface area contributed by atoms with Gasteiger partial charge in [-0.1, -0.05) is 35.4 Å². The highest BCUT2D eigenvalue weighted by Crippen LogP contribution is 2.39. The van der Waals surface area contributed by atoms with Crippen LogP contribution < -0.4 is 0 Å². The van der Waals surface area contributed by atoms with E-state index >= 15 is 0 Å². The average Bonchev–Trinajstić information content (AvgIpc) is 2.93. The van der Waals surface area contributed by atoms with Crippen LogP contribution in [0.5, 0.6) is 0 Å². The normalized spacial score (nSPS) is 17.8. The molecule has 0 saturated heterocycles. The van der Waals surface area contributed by atoms with Crippen LogP contribution in [0, 0.1) is 6.92 Å². The Morgan fingerprint density at radius 1 is 1.19 bits per heavy atom. The van der Waals surface area contributed by atoms with Crippen LogP contribution >= 0.6 is 11.6 Å². The Kier molecular flexibility index (Phi) is 4.41. The Bertz CT molecular complexity index is 1150. The van der Waals surface area contributed by atoms with Crippen molar-refractivity contribution in [2.75, 3.05) is 6.54 Å². The molecule has 2 heterocycles. The van der Waals surface area contributed by atoms with Gasteiger partial charge in [0, 0.05) is 41.1 Å². The molecule has 0 aliphatic carbocycles. The van der Waals surface area contributed by atoms with Crippen LogP contribution in [0.2, 0.25) is 5.02 Å². The van der Waals surface area contributed by atoms with Crippen molar-refractivity contribution in [2.45, 2.75) is 24.3 Å². The minimum Gasteiger partial charge on any atom is -0.346 e. The van der Waals surface area contributed by atoms with E-state index in [1.54, 1.807) is 16.4 Å². The molecule has 0 fully saturated rings. The first-order valence-corrected chi connectivity index (χ1v) is 10.6. The highest BCUT2D eigenvalue weighted by molar-refractivity contribution is 7.89. The number of rotatable bonds is 3. The summed E-state index contributed by atoms with van der Waals surface area (Å²) >= 11 is 6.21. The Morgan fingerprint density at radius 2 is 1.89 bits per heavy atom. The number of halogens is 1. The monoisotopic (exact) mass is 400 g/mol. The minimum absolute atomic E-state index is 0.0869. The second-order valence-electron chi connectivity index (χ2n) is 7.03. The van der Waals surface area contributed by atoms with Crippen molar-refractivity contribution >= 4 is 32.5 Å². The largest absolute Gasteiger partial charge is 0.346 e. The Morgan fingerprint density at radius 3 is 2.56 bits per heavy atom. The standard InChI is InChI=1S/C21H21ClN2O2S/c1-4-15-12-24(27(25,26)17-8-5-14(2)6-9-17)13-20-21(15)18-11-16(22)7-10-19(18)23(20)3/h4-11,15H,1,12-13H2,2-3H3/t15-/m1/s1. The van der Waals surface area contributed by atoms with E-state index < -0.39 is 10.0 Å². The molecule has 140 valence electrons. The number of fused-ring (bicyclic) bond motifs is 3. The average molecular weight is 401 g/mol. The van der Waals surface area contributed by atoms with Gasteiger partial charge < -0.3 is 4.57 Å². The third-order valence-electron chi connectivity index (χ3n) is 5.37. The van der Waals surface area contributed by atoms with Gasteiger partial charge in [0.15, 0.2) is 0 Å². The molecule has 0 bridgehead atoms. The lowest BCUT2D eigenvalue weighted by molar-refractivity contribution is 0.367. The van der Waals surface area contributed by atoms with E-state index in [9.17, 15) is 8.42 Å². The van der Waals surface area contributed by atoms with Crippen molar-refractivity contribution in [3.8, 4) is 0 Å². The number of hydrogen-bond acceptors (Lipinski definition) is 2. The fourth-order valence-corrected chi connectivity index (χ4v) is 5.48. The lowest BCUT2D eigenvalue weighted by Gasteiger charge is -2.31. The summed E-state index contributed by atoms with van der Waals surface area (Å²) in [7, 11) is -1.61. The van der Waals surface area contributed by atoms with Gasteiger partial charge in [-0.2, -0.15) is 4.31 Å². The molecule has 0 amide bonds. The molecule has 0 saturated carbocycles. The van der Waals surface area contributed by atoms with Crippen molar-refractivity contribution in [3.63, 3.8) is 0 Å². The summed E-state index contributed by atoms with van der Waals surface area (Å²) in [6.07, 6.45) is 1.83. The molecule has 0 spiro atoms. The maximum atomic E-state index is 13.2. The van der Waals surface area contributed by atoms with E-state index in [-0.39, 0.29) is 5.92 Å². The smallest absolute Gasteiger partial charge is 0.243 e. The summed E-state index contributed by atoms with van der Waals surface area (Å²) < 4.78 is 30.0. The third-order valence-corrected chi connectivity index (χ3v) is 7.43. The quantitative estimate of drug-likeness (QED) is 0.602. The lowest BCUT2D eigenvalue weighted by atomic mass is 9.93. The molecule has 27 heavy (non-hydrogen) atoms. The van der Waals surface area contributed by atoms with E-state index in [4.69, 9.17) is 11.6 Å². The summed E-state index contributed by atoms with van der Waals surface area (Å²) in [6, 6.07) is 12.8. The summed E-state index contributed by atoms with van der Waals surface area (Å²) in [5.41, 5.74) is 4.19. The van der Waals surface area contributed by atoms with Gasteiger partial charge in [-0.05, 0) is 42.8 Å². The molecule has 0 radical (unpaired) electrons. The zero-order valence-electron chi connectivity index (χ0n) is 15.3. The molecule has 0 unspecified atom stereocenters. The van der Waals surface area contributed by atoms with Crippen LogP contribution in [0.15, 0.2) is 60.0 Å². The zero-order valence-corrected chi connectivity index (χ0v) is 16.9. The SMILES string of the molecule is C=C[C@@H]1CN(S(=O)(=O)c2ccc(C)cc2)Cc2c1c1cc(Cl)ccc1n2C. The molecule has 6 heteroatoms. The molecular weight excluding hydrogens is 380 g/mol. The number of benzene rings is 2. The van der Waals surface area contributed by atoms with Gasteiger partial charge in [0.2, 0.25) is 10.0 Å². The van der Waals surface area contributed by atoms with Gasteiger partial charge in [0.1, 0.15) is 0 Å². The second kappa shape index (κ2) is 6.51. The number of sulfonamides is 1. The first-order valence-electron chi connectivity index (χ1n) is 8.79. The Balaban J connectivity index is 1.85. The number of aryl methyl sites for hydroxylation is 2. The molecule has 1 atom stereocenters. The van der Waals surface area contributed by atoms with E-state index in [0.717, 1.165) is 27.7 Å². The highest BCUT2D eigenvalue weighted by Gasteiger charge is 2.35. The molecule has 0 N–H and O–H groups in total. The number of aromatic nitrogens is 1. The first-order chi connectivity index (χ1) is 12.8. The fourth-order valence-electron chi connectivity index (χ4n) is 3.88. The second-order valence-corrected chi connectivity index (χ2v) is 9.41. The van der Waals surface area contributed by atoms with Crippen LogP contribution in [0.1, 0.15) is 22.7 Å². The maximum Gasteiger partial charge on any atom is 0.243 e. The van der Waals surface area contributed by atoms with Crippen LogP contribution in [-0.4, -0.2) is 23.8 Å². The van der Waals surface area contributed by atoms with Gasteiger partial charge in [-0.15, -0.1) is 6.58 Å². The van der Waals surface area contributed by atoms with Crippen molar-refractivity contribution in [1.82, 2.24) is 8.87 Å². The van der Waals surface area contributed by atoms with Crippen molar-refractivity contribution in [2.24, 2.45) is 7.05 Å². The zero-order chi connectivity index (χ0) is 19.3. The first kappa shape index (κ1) is 18.3. The van der Waals surface area contributed by atoms with Crippen molar-refractivity contribution in [3.05, 3.63) is 77.0 Å². The maximum absolute atomic E-state index is 13.2. The summed E-state index contributed by atoms with van der Waals surface area (Å²) in [4.78, 5) is 0.321.